The fourth-order valence-corrected chi connectivity index (χ4v) is 2.98. The van der Waals surface area contributed by atoms with Crippen LogP contribution in [-0.2, 0) is 6.42 Å². The molecule has 102 valence electrons. The summed E-state index contributed by atoms with van der Waals surface area (Å²) in [6.07, 6.45) is 6.43. The second-order valence-corrected chi connectivity index (χ2v) is 5.17. The van der Waals surface area contributed by atoms with E-state index >= 15 is 0 Å². The first kappa shape index (κ1) is 12.2. The molecule has 0 aliphatic heterocycles. The van der Waals surface area contributed by atoms with Crippen molar-refractivity contribution in [3.8, 4) is 0 Å². The van der Waals surface area contributed by atoms with E-state index in [0.717, 1.165) is 18.5 Å². The smallest absolute Gasteiger partial charge is 0.292 e. The van der Waals surface area contributed by atoms with Crippen molar-refractivity contribution in [1.82, 2.24) is 19.7 Å². The van der Waals surface area contributed by atoms with Crippen LogP contribution in [0, 0.1) is 0 Å². The molecule has 2 aromatic heterocycles. The van der Waals surface area contributed by atoms with Crippen LogP contribution in [0.15, 0.2) is 9.59 Å². The number of H-pyrrole nitrogens is 2. The third-order valence-electron chi connectivity index (χ3n) is 3.92. The second kappa shape index (κ2) is 4.68. The summed E-state index contributed by atoms with van der Waals surface area (Å²) in [5, 5.41) is 5.09. The van der Waals surface area contributed by atoms with Crippen LogP contribution in [0.2, 0.25) is 0 Å². The maximum Gasteiger partial charge on any atom is 0.327 e. The van der Waals surface area contributed by atoms with Gasteiger partial charge in [0, 0.05) is 0 Å². The lowest BCUT2D eigenvalue weighted by atomic mass is 9.96. The molecule has 0 spiro atoms. The van der Waals surface area contributed by atoms with Gasteiger partial charge in [-0.1, -0.05) is 26.2 Å². The predicted octanol–water partition coefficient (Wildman–Crippen LogP) is 1.48. The highest BCUT2D eigenvalue weighted by Gasteiger charge is 2.22. The number of aromatic amines is 2. The minimum atomic E-state index is -0.461. The van der Waals surface area contributed by atoms with Gasteiger partial charge in [-0.05, 0) is 19.3 Å². The molecular weight excluding hydrogens is 244 g/mol. The molecule has 0 unspecified atom stereocenters. The maximum absolute atomic E-state index is 11.9. The van der Waals surface area contributed by atoms with Gasteiger partial charge in [0.25, 0.3) is 5.56 Å². The molecule has 0 saturated heterocycles. The summed E-state index contributed by atoms with van der Waals surface area (Å²) < 4.78 is 1.87. The molecule has 1 aliphatic carbocycles. The van der Waals surface area contributed by atoms with E-state index in [-0.39, 0.29) is 5.56 Å². The Morgan fingerprint density at radius 1 is 1.21 bits per heavy atom. The number of hydrogen-bond donors (Lipinski definition) is 2. The molecule has 19 heavy (non-hydrogen) atoms. The van der Waals surface area contributed by atoms with Crippen molar-refractivity contribution < 1.29 is 0 Å². The zero-order valence-corrected chi connectivity index (χ0v) is 11.0. The fourth-order valence-electron chi connectivity index (χ4n) is 2.98. The molecular formula is C13H18N4O2. The van der Waals surface area contributed by atoms with Crippen molar-refractivity contribution in [2.45, 2.75) is 51.5 Å². The summed E-state index contributed by atoms with van der Waals surface area (Å²) in [6.45, 7) is 1.97. The monoisotopic (exact) mass is 262 g/mol. The quantitative estimate of drug-likeness (QED) is 0.859. The minimum Gasteiger partial charge on any atom is -0.292 e. The molecule has 1 aliphatic rings. The lowest BCUT2D eigenvalue weighted by molar-refractivity contribution is 0.334. The van der Waals surface area contributed by atoms with Crippen LogP contribution in [0.1, 0.15) is 50.8 Å². The van der Waals surface area contributed by atoms with Gasteiger partial charge in [0.1, 0.15) is 11.0 Å². The van der Waals surface area contributed by atoms with Crippen LogP contribution in [-0.4, -0.2) is 19.7 Å². The van der Waals surface area contributed by atoms with Crippen molar-refractivity contribution in [2.75, 3.05) is 0 Å². The number of nitrogens with zero attached hydrogens (tertiary/aromatic N) is 2. The number of rotatable bonds is 2. The number of nitrogens with one attached hydrogen (secondary N) is 2. The Balaban J connectivity index is 2.24. The Bertz CT molecular complexity index is 703. The van der Waals surface area contributed by atoms with E-state index in [0.29, 0.717) is 23.5 Å². The Labute approximate surface area is 109 Å². The zero-order valence-electron chi connectivity index (χ0n) is 11.0. The van der Waals surface area contributed by atoms with Gasteiger partial charge in [-0.2, -0.15) is 5.10 Å². The second-order valence-electron chi connectivity index (χ2n) is 5.17. The third kappa shape index (κ3) is 2.01. The van der Waals surface area contributed by atoms with E-state index in [4.69, 9.17) is 0 Å². The van der Waals surface area contributed by atoms with Crippen LogP contribution in [0.4, 0.5) is 0 Å². The van der Waals surface area contributed by atoms with Gasteiger partial charge < -0.3 is 0 Å². The van der Waals surface area contributed by atoms with Crippen molar-refractivity contribution in [3.05, 3.63) is 26.5 Å². The topological polar surface area (TPSA) is 83.5 Å². The molecule has 6 nitrogen and oxygen atoms in total. The summed E-state index contributed by atoms with van der Waals surface area (Å²) in [5.74, 6) is 0. The van der Waals surface area contributed by atoms with E-state index < -0.39 is 5.69 Å². The van der Waals surface area contributed by atoms with Crippen molar-refractivity contribution in [2.24, 2.45) is 0 Å². The van der Waals surface area contributed by atoms with Gasteiger partial charge in [-0.25, -0.2) is 9.48 Å². The molecule has 0 bridgehead atoms. The fraction of sp³-hybridized carbons (Fsp3) is 0.615. The average molecular weight is 262 g/mol. The van der Waals surface area contributed by atoms with E-state index in [1.165, 1.54) is 19.3 Å². The number of fused-ring (bicyclic) bond motifs is 1. The summed E-state index contributed by atoms with van der Waals surface area (Å²) in [5.41, 5.74) is 0.547. The number of aromatic nitrogens is 4. The van der Waals surface area contributed by atoms with E-state index in [1.807, 2.05) is 11.6 Å². The van der Waals surface area contributed by atoms with Crippen LogP contribution >= 0.6 is 0 Å². The first-order valence-corrected chi connectivity index (χ1v) is 6.94. The van der Waals surface area contributed by atoms with Crippen LogP contribution in [0.5, 0.6) is 0 Å². The van der Waals surface area contributed by atoms with Gasteiger partial charge in [0.2, 0.25) is 0 Å². The Morgan fingerprint density at radius 2 is 1.95 bits per heavy atom. The van der Waals surface area contributed by atoms with Gasteiger partial charge in [-0.15, -0.1) is 0 Å². The molecule has 0 amide bonds. The molecule has 0 radical (unpaired) electrons. The Kier molecular flexibility index (Phi) is 3.00. The van der Waals surface area contributed by atoms with Crippen LogP contribution < -0.4 is 11.2 Å². The van der Waals surface area contributed by atoms with Crippen molar-refractivity contribution >= 4 is 11.0 Å². The highest BCUT2D eigenvalue weighted by atomic mass is 16.2. The van der Waals surface area contributed by atoms with Gasteiger partial charge in [-0.3, -0.25) is 14.8 Å². The molecule has 2 N–H and O–H groups in total. The average Bonchev–Trinajstić information content (AvgIpc) is 2.78. The van der Waals surface area contributed by atoms with Crippen molar-refractivity contribution in [3.63, 3.8) is 0 Å². The Morgan fingerprint density at radius 3 is 2.63 bits per heavy atom. The summed E-state index contributed by atoms with van der Waals surface area (Å²) in [4.78, 5) is 28.5. The van der Waals surface area contributed by atoms with Gasteiger partial charge >= 0.3 is 5.69 Å². The first-order valence-electron chi connectivity index (χ1n) is 6.94. The number of aryl methyl sites for hydroxylation is 1. The highest BCUT2D eigenvalue weighted by molar-refractivity contribution is 5.77. The van der Waals surface area contributed by atoms with Crippen molar-refractivity contribution in [1.29, 1.82) is 0 Å². The molecule has 3 rings (SSSR count). The molecule has 1 saturated carbocycles. The molecule has 1 fully saturated rings. The number of hydrogen-bond acceptors (Lipinski definition) is 3. The summed E-state index contributed by atoms with van der Waals surface area (Å²) in [7, 11) is 0. The lowest BCUT2D eigenvalue weighted by Crippen LogP contribution is -2.23. The molecule has 0 atom stereocenters. The summed E-state index contributed by atoms with van der Waals surface area (Å²) >= 11 is 0. The van der Waals surface area contributed by atoms with E-state index in [1.54, 1.807) is 0 Å². The van der Waals surface area contributed by atoms with Crippen LogP contribution in [0.3, 0.4) is 0 Å². The minimum absolute atomic E-state index is 0.300. The lowest BCUT2D eigenvalue weighted by Gasteiger charge is -2.22. The highest BCUT2D eigenvalue weighted by Crippen LogP contribution is 2.29. The first-order chi connectivity index (χ1) is 9.20. The SMILES string of the molecule is CCc1nn(C2CCCCC2)c2[nH]c(=O)[nH]c(=O)c12. The molecule has 2 heterocycles. The third-order valence-corrected chi connectivity index (χ3v) is 3.92. The molecule has 2 aromatic rings. The summed E-state index contributed by atoms with van der Waals surface area (Å²) in [6, 6.07) is 0.300. The maximum atomic E-state index is 11.9. The predicted molar refractivity (Wildman–Crippen MR) is 72.5 cm³/mol. The van der Waals surface area contributed by atoms with E-state index in [2.05, 4.69) is 15.1 Å². The molecule has 6 heteroatoms. The molecule has 0 aromatic carbocycles. The van der Waals surface area contributed by atoms with Crippen LogP contribution in [0.25, 0.3) is 11.0 Å². The normalized spacial score (nSPS) is 17.1. The Hall–Kier alpha value is -1.85. The standard InChI is InChI=1S/C13H18N4O2/c1-2-9-10-11(14-13(19)15-12(10)18)17(16-9)8-6-4-3-5-7-8/h8H,2-7H2,1H3,(H2,14,15,18,19). The van der Waals surface area contributed by atoms with E-state index in [9.17, 15) is 9.59 Å². The van der Waals surface area contributed by atoms with Gasteiger partial charge in [0.15, 0.2) is 0 Å². The largest absolute Gasteiger partial charge is 0.327 e. The zero-order chi connectivity index (χ0) is 13.4. The van der Waals surface area contributed by atoms with Gasteiger partial charge in [0.05, 0.1) is 11.7 Å².